The molecule has 0 radical (unpaired) electrons. The van der Waals surface area contributed by atoms with Crippen LogP contribution in [0.2, 0.25) is 0 Å². The fourth-order valence-electron chi connectivity index (χ4n) is 3.58. The maximum atomic E-state index is 12.6. The molecule has 2 aromatic rings. The van der Waals surface area contributed by atoms with Gasteiger partial charge >= 0.3 is 0 Å². The Hall–Kier alpha value is -1.85. The SMILES string of the molecule is CC(C)Oc1ccc(C(=O)NC[C@H](c2ccsc2)N2CCCCCC2)cc1. The van der Waals surface area contributed by atoms with E-state index in [0.717, 1.165) is 18.8 Å². The van der Waals surface area contributed by atoms with Crippen molar-refractivity contribution in [3.63, 3.8) is 0 Å². The molecule has 1 aliphatic heterocycles. The van der Waals surface area contributed by atoms with Gasteiger partial charge in [0.25, 0.3) is 5.91 Å². The molecule has 1 amide bonds. The summed E-state index contributed by atoms with van der Waals surface area (Å²) in [6, 6.07) is 9.82. The van der Waals surface area contributed by atoms with Gasteiger partial charge < -0.3 is 10.1 Å². The highest BCUT2D eigenvalue weighted by Gasteiger charge is 2.22. The highest BCUT2D eigenvalue weighted by Crippen LogP contribution is 2.25. The molecule has 0 saturated carbocycles. The highest BCUT2D eigenvalue weighted by atomic mass is 32.1. The number of carbonyl (C=O) groups is 1. The first-order valence-electron chi connectivity index (χ1n) is 9.94. The van der Waals surface area contributed by atoms with E-state index in [9.17, 15) is 4.79 Å². The molecule has 0 unspecified atom stereocenters. The van der Waals surface area contributed by atoms with Gasteiger partial charge in [0.2, 0.25) is 0 Å². The third-order valence-corrected chi connectivity index (χ3v) is 5.66. The zero-order chi connectivity index (χ0) is 19.1. The van der Waals surface area contributed by atoms with Gasteiger partial charge in [-0.15, -0.1) is 0 Å². The lowest BCUT2D eigenvalue weighted by Gasteiger charge is -2.30. The summed E-state index contributed by atoms with van der Waals surface area (Å²) in [4.78, 5) is 15.2. The fourth-order valence-corrected chi connectivity index (χ4v) is 4.28. The lowest BCUT2D eigenvalue weighted by atomic mass is 10.1. The number of nitrogens with one attached hydrogen (secondary N) is 1. The van der Waals surface area contributed by atoms with Crippen molar-refractivity contribution < 1.29 is 9.53 Å². The summed E-state index contributed by atoms with van der Waals surface area (Å²) in [7, 11) is 0. The van der Waals surface area contributed by atoms with Crippen molar-refractivity contribution in [2.24, 2.45) is 0 Å². The molecule has 1 saturated heterocycles. The van der Waals surface area contributed by atoms with Crippen molar-refractivity contribution in [2.75, 3.05) is 19.6 Å². The van der Waals surface area contributed by atoms with Crippen LogP contribution in [0.5, 0.6) is 5.75 Å². The van der Waals surface area contributed by atoms with E-state index in [-0.39, 0.29) is 18.1 Å². The molecule has 0 bridgehead atoms. The Balaban J connectivity index is 1.63. The molecule has 1 aliphatic rings. The molecule has 4 nitrogen and oxygen atoms in total. The third-order valence-electron chi connectivity index (χ3n) is 4.95. The normalized spacial score (nSPS) is 16.7. The Labute approximate surface area is 166 Å². The topological polar surface area (TPSA) is 41.6 Å². The van der Waals surface area contributed by atoms with Crippen LogP contribution in [0.1, 0.15) is 61.5 Å². The van der Waals surface area contributed by atoms with Gasteiger partial charge in [-0.1, -0.05) is 12.8 Å². The summed E-state index contributed by atoms with van der Waals surface area (Å²) in [6.07, 6.45) is 5.23. The van der Waals surface area contributed by atoms with Gasteiger partial charge in [0, 0.05) is 12.1 Å². The van der Waals surface area contributed by atoms with E-state index in [0.29, 0.717) is 12.1 Å². The van der Waals surface area contributed by atoms with Gasteiger partial charge in [-0.3, -0.25) is 9.69 Å². The monoisotopic (exact) mass is 386 g/mol. The Morgan fingerprint density at radius 1 is 1.11 bits per heavy atom. The van der Waals surface area contributed by atoms with Crippen molar-refractivity contribution in [1.29, 1.82) is 0 Å². The van der Waals surface area contributed by atoms with E-state index in [1.807, 2.05) is 38.1 Å². The average molecular weight is 387 g/mol. The van der Waals surface area contributed by atoms with Crippen LogP contribution in [0.15, 0.2) is 41.1 Å². The summed E-state index contributed by atoms with van der Waals surface area (Å²) in [5.74, 6) is 0.767. The standard InChI is InChI=1S/C22H30N2O2S/c1-17(2)26-20-9-7-18(8-10-20)22(25)23-15-21(19-11-14-27-16-19)24-12-5-3-4-6-13-24/h7-11,14,16-17,21H,3-6,12-13,15H2,1-2H3,(H,23,25)/t21-/m1/s1. The number of thiophene rings is 1. The Morgan fingerprint density at radius 3 is 2.41 bits per heavy atom. The number of carbonyl (C=O) groups excluding carboxylic acids is 1. The Bertz CT molecular complexity index is 690. The van der Waals surface area contributed by atoms with E-state index in [4.69, 9.17) is 4.74 Å². The van der Waals surface area contributed by atoms with Crippen molar-refractivity contribution in [1.82, 2.24) is 10.2 Å². The van der Waals surface area contributed by atoms with Gasteiger partial charge in [-0.25, -0.2) is 0 Å². The number of ether oxygens (including phenoxy) is 1. The zero-order valence-corrected chi connectivity index (χ0v) is 17.1. The smallest absolute Gasteiger partial charge is 0.251 e. The first-order valence-corrected chi connectivity index (χ1v) is 10.9. The second-order valence-electron chi connectivity index (χ2n) is 7.42. The number of likely N-dealkylation sites (tertiary alicyclic amines) is 1. The summed E-state index contributed by atoms with van der Waals surface area (Å²) in [6.45, 7) is 6.84. The first kappa shape index (κ1) is 19.9. The molecule has 27 heavy (non-hydrogen) atoms. The summed E-state index contributed by atoms with van der Waals surface area (Å²) in [5.41, 5.74) is 1.98. The summed E-state index contributed by atoms with van der Waals surface area (Å²) < 4.78 is 5.65. The second-order valence-corrected chi connectivity index (χ2v) is 8.20. The van der Waals surface area contributed by atoms with Gasteiger partial charge in [0.05, 0.1) is 12.1 Å². The van der Waals surface area contributed by atoms with Crippen LogP contribution in [-0.2, 0) is 0 Å². The van der Waals surface area contributed by atoms with Crippen molar-refractivity contribution >= 4 is 17.2 Å². The molecule has 5 heteroatoms. The van der Waals surface area contributed by atoms with Gasteiger partial charge in [0.15, 0.2) is 0 Å². The quantitative estimate of drug-likeness (QED) is 0.737. The molecular weight excluding hydrogens is 356 g/mol. The van der Waals surface area contributed by atoms with E-state index >= 15 is 0 Å². The van der Waals surface area contributed by atoms with Crippen LogP contribution in [0.3, 0.4) is 0 Å². The lowest BCUT2D eigenvalue weighted by molar-refractivity contribution is 0.0933. The van der Waals surface area contributed by atoms with Crippen LogP contribution in [0.25, 0.3) is 0 Å². The first-order chi connectivity index (χ1) is 13.1. The minimum atomic E-state index is -0.0267. The minimum Gasteiger partial charge on any atom is -0.491 e. The number of nitrogens with zero attached hydrogens (tertiary/aromatic N) is 1. The molecule has 1 aromatic heterocycles. The molecule has 0 spiro atoms. The van der Waals surface area contributed by atoms with Gasteiger partial charge in [-0.05, 0) is 86.4 Å². The Morgan fingerprint density at radius 2 is 1.81 bits per heavy atom. The lowest BCUT2D eigenvalue weighted by Crippen LogP contribution is -2.38. The predicted octanol–water partition coefficient (Wildman–Crippen LogP) is 4.88. The third kappa shape index (κ3) is 5.81. The van der Waals surface area contributed by atoms with Crippen LogP contribution in [0, 0.1) is 0 Å². The van der Waals surface area contributed by atoms with E-state index in [1.54, 1.807) is 11.3 Å². The Kier molecular flexibility index (Phi) is 7.30. The molecule has 1 atom stereocenters. The molecule has 0 aliphatic carbocycles. The zero-order valence-electron chi connectivity index (χ0n) is 16.3. The van der Waals surface area contributed by atoms with Crippen LogP contribution in [0.4, 0.5) is 0 Å². The van der Waals surface area contributed by atoms with Gasteiger partial charge in [0.1, 0.15) is 5.75 Å². The number of hydrogen-bond donors (Lipinski definition) is 1. The second kappa shape index (κ2) is 9.90. The van der Waals surface area contributed by atoms with E-state index < -0.39 is 0 Å². The van der Waals surface area contributed by atoms with Crippen LogP contribution < -0.4 is 10.1 Å². The molecule has 1 aromatic carbocycles. The number of benzene rings is 1. The van der Waals surface area contributed by atoms with Crippen LogP contribution in [-0.4, -0.2) is 36.5 Å². The summed E-state index contributed by atoms with van der Waals surface area (Å²) in [5, 5.41) is 7.48. The molecule has 3 rings (SSSR count). The largest absolute Gasteiger partial charge is 0.491 e. The average Bonchev–Trinajstić information content (AvgIpc) is 3.05. The van der Waals surface area contributed by atoms with Crippen molar-refractivity contribution in [3.05, 3.63) is 52.2 Å². The van der Waals surface area contributed by atoms with Crippen molar-refractivity contribution in [2.45, 2.75) is 51.7 Å². The fraction of sp³-hybridized carbons (Fsp3) is 0.500. The van der Waals surface area contributed by atoms with E-state index in [1.165, 1.54) is 31.2 Å². The number of rotatable bonds is 7. The van der Waals surface area contributed by atoms with Crippen LogP contribution >= 0.6 is 11.3 Å². The maximum Gasteiger partial charge on any atom is 0.251 e. The number of hydrogen-bond acceptors (Lipinski definition) is 4. The summed E-state index contributed by atoms with van der Waals surface area (Å²) >= 11 is 1.72. The molecule has 146 valence electrons. The molecule has 2 heterocycles. The molecule has 1 fully saturated rings. The highest BCUT2D eigenvalue weighted by molar-refractivity contribution is 7.07. The molecular formula is C22H30N2O2S. The van der Waals surface area contributed by atoms with Crippen molar-refractivity contribution in [3.8, 4) is 5.75 Å². The minimum absolute atomic E-state index is 0.0267. The van der Waals surface area contributed by atoms with Gasteiger partial charge in [-0.2, -0.15) is 11.3 Å². The van der Waals surface area contributed by atoms with E-state index in [2.05, 4.69) is 27.0 Å². The molecule has 1 N–H and O–H groups in total. The number of amides is 1. The maximum absolute atomic E-state index is 12.6. The predicted molar refractivity (Wildman–Crippen MR) is 112 cm³/mol.